The average molecular weight is 401 g/mol. The van der Waals surface area contributed by atoms with Gasteiger partial charge in [0.15, 0.2) is 11.6 Å². The summed E-state index contributed by atoms with van der Waals surface area (Å²) in [6.45, 7) is 1.65. The molecule has 0 saturated carbocycles. The molecule has 0 bridgehead atoms. The van der Waals surface area contributed by atoms with Crippen molar-refractivity contribution in [1.82, 2.24) is 25.2 Å². The maximum atomic E-state index is 12.9. The molecule has 8 heteroatoms. The molecule has 2 aromatic heterocycles. The van der Waals surface area contributed by atoms with E-state index in [1.54, 1.807) is 18.8 Å². The smallest absolute Gasteiger partial charge is 0.190 e. The molecule has 3 aromatic rings. The summed E-state index contributed by atoms with van der Waals surface area (Å²) in [6.07, 6.45) is 4.78. The highest BCUT2D eigenvalue weighted by Gasteiger charge is 2.04. The molecular formula is C20H25FN6S. The number of nitrogens with one attached hydrogen (secondary N) is 2. The molecule has 2 heterocycles. The second kappa shape index (κ2) is 10.7. The van der Waals surface area contributed by atoms with Crippen molar-refractivity contribution in [3.05, 3.63) is 60.3 Å². The van der Waals surface area contributed by atoms with E-state index >= 15 is 0 Å². The standard InChI is InChI=1S/C20H25FN6S/c1-22-20(24-13-5-15-28-17-10-8-16(21)9-11-17)23-12-4-7-19-26-25-18-6-2-3-14-27(18)19/h2-3,6,8-11,14H,4-5,7,12-13,15H2,1H3,(H2,22,23,24). The number of nitrogens with zero attached hydrogens (tertiary/aromatic N) is 4. The molecule has 2 N–H and O–H groups in total. The molecule has 0 radical (unpaired) electrons. The lowest BCUT2D eigenvalue weighted by Crippen LogP contribution is -2.38. The minimum Gasteiger partial charge on any atom is -0.356 e. The summed E-state index contributed by atoms with van der Waals surface area (Å²) in [5, 5.41) is 15.1. The Bertz CT molecular complexity index is 893. The Morgan fingerprint density at radius 2 is 1.86 bits per heavy atom. The van der Waals surface area contributed by atoms with Crippen molar-refractivity contribution in [3.63, 3.8) is 0 Å². The fraction of sp³-hybridized carbons (Fsp3) is 0.350. The zero-order valence-electron chi connectivity index (χ0n) is 15.9. The second-order valence-electron chi connectivity index (χ2n) is 6.23. The van der Waals surface area contributed by atoms with Crippen LogP contribution in [0, 0.1) is 5.82 Å². The SMILES string of the molecule is CN=C(NCCCSc1ccc(F)cc1)NCCCc1nnc2ccccn12. The lowest BCUT2D eigenvalue weighted by Gasteiger charge is -2.11. The van der Waals surface area contributed by atoms with E-state index in [0.717, 1.165) is 60.4 Å². The fourth-order valence-corrected chi connectivity index (χ4v) is 3.59. The minimum atomic E-state index is -0.196. The normalized spacial score (nSPS) is 11.7. The zero-order valence-corrected chi connectivity index (χ0v) is 16.8. The third-order valence-corrected chi connectivity index (χ3v) is 5.27. The predicted molar refractivity (Wildman–Crippen MR) is 112 cm³/mol. The first-order chi connectivity index (χ1) is 13.8. The molecule has 0 atom stereocenters. The van der Waals surface area contributed by atoms with Crippen LogP contribution < -0.4 is 10.6 Å². The molecule has 0 aliphatic carbocycles. The largest absolute Gasteiger partial charge is 0.356 e. The minimum absolute atomic E-state index is 0.196. The molecule has 0 spiro atoms. The van der Waals surface area contributed by atoms with Gasteiger partial charge in [0.1, 0.15) is 11.6 Å². The number of fused-ring (bicyclic) bond motifs is 1. The van der Waals surface area contributed by atoms with Gasteiger partial charge >= 0.3 is 0 Å². The van der Waals surface area contributed by atoms with Crippen LogP contribution in [0.5, 0.6) is 0 Å². The maximum Gasteiger partial charge on any atom is 0.190 e. The van der Waals surface area contributed by atoms with E-state index in [0.29, 0.717) is 0 Å². The van der Waals surface area contributed by atoms with Gasteiger partial charge in [-0.3, -0.25) is 9.39 Å². The summed E-state index contributed by atoms with van der Waals surface area (Å²) < 4.78 is 14.9. The Morgan fingerprint density at radius 3 is 2.64 bits per heavy atom. The molecule has 6 nitrogen and oxygen atoms in total. The van der Waals surface area contributed by atoms with Crippen LogP contribution in [0.25, 0.3) is 5.65 Å². The Kier molecular flexibility index (Phi) is 7.66. The van der Waals surface area contributed by atoms with Gasteiger partial charge in [-0.05, 0) is 55.0 Å². The van der Waals surface area contributed by atoms with Crippen LogP contribution in [0.3, 0.4) is 0 Å². The number of guanidine groups is 1. The van der Waals surface area contributed by atoms with Crippen molar-refractivity contribution in [2.75, 3.05) is 25.9 Å². The highest BCUT2D eigenvalue weighted by molar-refractivity contribution is 7.99. The first-order valence-corrected chi connectivity index (χ1v) is 10.4. The molecule has 1 aromatic carbocycles. The number of aryl methyl sites for hydroxylation is 1. The topological polar surface area (TPSA) is 66.6 Å². The summed E-state index contributed by atoms with van der Waals surface area (Å²) in [7, 11) is 1.77. The highest BCUT2D eigenvalue weighted by Crippen LogP contribution is 2.18. The molecule has 0 unspecified atom stereocenters. The average Bonchev–Trinajstić information content (AvgIpc) is 3.14. The van der Waals surface area contributed by atoms with Crippen LogP contribution >= 0.6 is 11.8 Å². The third-order valence-electron chi connectivity index (χ3n) is 4.17. The molecular weight excluding hydrogens is 375 g/mol. The molecule has 148 valence electrons. The lowest BCUT2D eigenvalue weighted by atomic mass is 10.3. The molecule has 0 aliphatic rings. The van der Waals surface area contributed by atoms with Crippen molar-refractivity contribution >= 4 is 23.4 Å². The van der Waals surface area contributed by atoms with Crippen molar-refractivity contribution in [2.24, 2.45) is 4.99 Å². The van der Waals surface area contributed by atoms with Crippen LogP contribution in [-0.2, 0) is 6.42 Å². The Morgan fingerprint density at radius 1 is 1.07 bits per heavy atom. The molecule has 0 fully saturated rings. The molecule has 0 aliphatic heterocycles. The van der Waals surface area contributed by atoms with Gasteiger partial charge in [0.2, 0.25) is 0 Å². The monoisotopic (exact) mass is 400 g/mol. The third kappa shape index (κ3) is 5.95. The van der Waals surface area contributed by atoms with Gasteiger partial charge in [-0.1, -0.05) is 6.07 Å². The zero-order chi connectivity index (χ0) is 19.6. The quantitative estimate of drug-likeness (QED) is 0.250. The van der Waals surface area contributed by atoms with Crippen LogP contribution in [0.1, 0.15) is 18.7 Å². The van der Waals surface area contributed by atoms with Gasteiger partial charge in [0.25, 0.3) is 0 Å². The van der Waals surface area contributed by atoms with E-state index in [4.69, 9.17) is 0 Å². The summed E-state index contributed by atoms with van der Waals surface area (Å²) in [5.41, 5.74) is 0.876. The fourth-order valence-electron chi connectivity index (χ4n) is 2.74. The second-order valence-corrected chi connectivity index (χ2v) is 7.40. The van der Waals surface area contributed by atoms with Crippen molar-refractivity contribution in [3.8, 4) is 0 Å². The van der Waals surface area contributed by atoms with Crippen LogP contribution in [0.15, 0.2) is 58.5 Å². The Labute approximate surface area is 168 Å². The van der Waals surface area contributed by atoms with E-state index in [1.165, 1.54) is 12.1 Å². The van der Waals surface area contributed by atoms with E-state index in [2.05, 4.69) is 25.8 Å². The highest BCUT2D eigenvalue weighted by atomic mass is 32.2. The molecule has 0 amide bonds. The molecule has 3 rings (SSSR count). The number of aliphatic imine (C=N–C) groups is 1. The summed E-state index contributed by atoms with van der Waals surface area (Å²) in [6, 6.07) is 12.5. The Hall–Kier alpha value is -2.61. The van der Waals surface area contributed by atoms with E-state index in [9.17, 15) is 4.39 Å². The van der Waals surface area contributed by atoms with Gasteiger partial charge in [-0.2, -0.15) is 0 Å². The van der Waals surface area contributed by atoms with E-state index in [-0.39, 0.29) is 5.82 Å². The van der Waals surface area contributed by atoms with Crippen molar-refractivity contribution in [1.29, 1.82) is 0 Å². The van der Waals surface area contributed by atoms with Gasteiger partial charge in [0.05, 0.1) is 0 Å². The van der Waals surface area contributed by atoms with Gasteiger partial charge < -0.3 is 10.6 Å². The summed E-state index contributed by atoms with van der Waals surface area (Å²) in [4.78, 5) is 5.34. The number of hydrogen-bond donors (Lipinski definition) is 2. The number of pyridine rings is 1. The molecule has 0 saturated heterocycles. The van der Waals surface area contributed by atoms with Gasteiger partial charge in [-0.15, -0.1) is 22.0 Å². The van der Waals surface area contributed by atoms with Crippen LogP contribution in [-0.4, -0.2) is 46.4 Å². The van der Waals surface area contributed by atoms with Crippen molar-refractivity contribution in [2.45, 2.75) is 24.2 Å². The summed E-state index contributed by atoms with van der Waals surface area (Å²) in [5.74, 6) is 2.55. The lowest BCUT2D eigenvalue weighted by molar-refractivity contribution is 0.626. The number of halogens is 1. The van der Waals surface area contributed by atoms with E-state index in [1.807, 2.05) is 40.9 Å². The number of hydrogen-bond acceptors (Lipinski definition) is 4. The number of aromatic nitrogens is 3. The molecule has 28 heavy (non-hydrogen) atoms. The van der Waals surface area contributed by atoms with Crippen LogP contribution in [0.2, 0.25) is 0 Å². The Balaban J connectivity index is 1.29. The van der Waals surface area contributed by atoms with Gasteiger partial charge in [-0.25, -0.2) is 4.39 Å². The summed E-state index contributed by atoms with van der Waals surface area (Å²) >= 11 is 1.73. The number of rotatable bonds is 9. The number of thioether (sulfide) groups is 1. The van der Waals surface area contributed by atoms with Crippen molar-refractivity contribution < 1.29 is 4.39 Å². The van der Waals surface area contributed by atoms with Gasteiger partial charge in [0, 0.05) is 37.7 Å². The van der Waals surface area contributed by atoms with Crippen LogP contribution in [0.4, 0.5) is 4.39 Å². The first kappa shape index (κ1) is 20.1. The van der Waals surface area contributed by atoms with E-state index < -0.39 is 0 Å². The maximum absolute atomic E-state index is 12.9. The predicted octanol–water partition coefficient (Wildman–Crippen LogP) is 3.15. The first-order valence-electron chi connectivity index (χ1n) is 9.38. The number of benzene rings is 1.